The van der Waals surface area contributed by atoms with Crippen LogP contribution < -0.4 is 4.90 Å². The van der Waals surface area contributed by atoms with E-state index in [9.17, 15) is 8.78 Å². The van der Waals surface area contributed by atoms with Crippen molar-refractivity contribution in [2.75, 3.05) is 37.6 Å². The third-order valence-corrected chi connectivity index (χ3v) is 5.35. The van der Waals surface area contributed by atoms with Gasteiger partial charge in [0.2, 0.25) is 0 Å². The number of benzene rings is 1. The molecule has 6 nitrogen and oxygen atoms in total. The van der Waals surface area contributed by atoms with Crippen LogP contribution in [0.5, 0.6) is 0 Å². The number of aromatic nitrogens is 4. The number of hydrogen-bond donors (Lipinski definition) is 0. The number of nitrogens with zero attached hydrogens (tertiary/aromatic N) is 6. The van der Waals surface area contributed by atoms with E-state index in [1.54, 1.807) is 17.1 Å². The summed E-state index contributed by atoms with van der Waals surface area (Å²) in [6.45, 7) is 7.87. The first-order valence-electron chi connectivity index (χ1n) is 9.94. The van der Waals surface area contributed by atoms with Crippen LogP contribution in [0.3, 0.4) is 0 Å². The molecular formula is C22H25ClF2N6. The lowest BCUT2D eigenvalue weighted by Gasteiger charge is -2.35. The standard InChI is InChI=1S/C22H24F2N6.ClH/c1-16-22(26-6-5-25-16)30-17(2)18(15-27-30)4-3-7-28-8-10-29(11-9-28)21-13-19(23)12-20(24)14-21;/h3-6,12-15H,7-11H2,1-2H3;1H/b4-3+;. The predicted molar refractivity (Wildman–Crippen MR) is 120 cm³/mol. The van der Waals surface area contributed by atoms with Gasteiger partial charge >= 0.3 is 0 Å². The van der Waals surface area contributed by atoms with Gasteiger partial charge in [0.05, 0.1) is 17.6 Å². The normalized spacial score (nSPS) is 14.8. The van der Waals surface area contributed by atoms with Crippen LogP contribution >= 0.6 is 12.4 Å². The summed E-state index contributed by atoms with van der Waals surface area (Å²) in [5, 5.41) is 4.45. The summed E-state index contributed by atoms with van der Waals surface area (Å²) in [5.41, 5.74) is 3.47. The molecule has 1 aromatic carbocycles. The topological polar surface area (TPSA) is 50.1 Å². The van der Waals surface area contributed by atoms with Crippen molar-refractivity contribution in [1.82, 2.24) is 24.6 Å². The minimum absolute atomic E-state index is 0. The van der Waals surface area contributed by atoms with Crippen molar-refractivity contribution in [3.8, 4) is 5.82 Å². The maximum Gasteiger partial charge on any atom is 0.175 e. The fraction of sp³-hybridized carbons (Fsp3) is 0.318. The number of piperazine rings is 1. The smallest absolute Gasteiger partial charge is 0.175 e. The first kappa shape index (κ1) is 22.8. The lowest BCUT2D eigenvalue weighted by Crippen LogP contribution is -2.46. The third-order valence-electron chi connectivity index (χ3n) is 5.35. The van der Waals surface area contributed by atoms with Gasteiger partial charge in [0, 0.05) is 62.4 Å². The molecule has 3 heterocycles. The number of aryl methyl sites for hydroxylation is 1. The van der Waals surface area contributed by atoms with Crippen molar-refractivity contribution < 1.29 is 8.78 Å². The summed E-state index contributed by atoms with van der Waals surface area (Å²) in [5.74, 6) is -0.342. The molecule has 1 fully saturated rings. The molecule has 3 aromatic rings. The van der Waals surface area contributed by atoms with E-state index in [1.807, 2.05) is 24.9 Å². The monoisotopic (exact) mass is 446 g/mol. The molecule has 1 aliphatic rings. The minimum atomic E-state index is -0.539. The quantitative estimate of drug-likeness (QED) is 0.596. The summed E-state index contributed by atoms with van der Waals surface area (Å²) in [4.78, 5) is 13.0. The Kier molecular flexibility index (Phi) is 7.35. The summed E-state index contributed by atoms with van der Waals surface area (Å²) >= 11 is 0. The molecule has 0 atom stereocenters. The van der Waals surface area contributed by atoms with Gasteiger partial charge in [0.1, 0.15) is 11.6 Å². The van der Waals surface area contributed by atoms with Crippen molar-refractivity contribution in [3.05, 3.63) is 71.5 Å². The Bertz CT molecular complexity index is 1040. The van der Waals surface area contributed by atoms with E-state index in [0.717, 1.165) is 61.6 Å². The van der Waals surface area contributed by atoms with Gasteiger partial charge in [-0.1, -0.05) is 12.2 Å². The lowest BCUT2D eigenvalue weighted by molar-refractivity contribution is 0.284. The Hall–Kier alpha value is -2.84. The highest BCUT2D eigenvalue weighted by molar-refractivity contribution is 5.85. The van der Waals surface area contributed by atoms with Crippen LogP contribution in [-0.4, -0.2) is 57.4 Å². The highest BCUT2D eigenvalue weighted by atomic mass is 35.5. The minimum Gasteiger partial charge on any atom is -0.369 e. The SMILES string of the molecule is Cc1nccnc1-n1ncc(/C=C/CN2CCN(c3cc(F)cc(F)c3)CC2)c1C.Cl. The van der Waals surface area contributed by atoms with Gasteiger partial charge < -0.3 is 4.90 Å². The van der Waals surface area contributed by atoms with Crippen molar-refractivity contribution in [2.24, 2.45) is 0 Å². The molecule has 1 aliphatic heterocycles. The molecule has 0 N–H and O–H groups in total. The largest absolute Gasteiger partial charge is 0.369 e. The van der Waals surface area contributed by atoms with Gasteiger partial charge in [-0.15, -0.1) is 12.4 Å². The summed E-state index contributed by atoms with van der Waals surface area (Å²) in [7, 11) is 0. The van der Waals surface area contributed by atoms with E-state index in [4.69, 9.17) is 0 Å². The van der Waals surface area contributed by atoms with Crippen molar-refractivity contribution >= 4 is 24.2 Å². The fourth-order valence-electron chi connectivity index (χ4n) is 3.65. The van der Waals surface area contributed by atoms with Crippen LogP contribution in [0.15, 0.2) is 42.9 Å². The summed E-state index contributed by atoms with van der Waals surface area (Å²) in [6.07, 6.45) is 9.35. The van der Waals surface area contributed by atoms with Gasteiger partial charge in [0.25, 0.3) is 0 Å². The Morgan fingerprint density at radius 3 is 2.32 bits per heavy atom. The molecule has 164 valence electrons. The van der Waals surface area contributed by atoms with Gasteiger partial charge in [-0.25, -0.2) is 18.4 Å². The first-order valence-corrected chi connectivity index (χ1v) is 9.94. The Morgan fingerprint density at radius 1 is 0.968 bits per heavy atom. The maximum atomic E-state index is 13.5. The van der Waals surface area contributed by atoms with Crippen molar-refractivity contribution in [1.29, 1.82) is 0 Å². The zero-order valence-electron chi connectivity index (χ0n) is 17.5. The lowest BCUT2D eigenvalue weighted by atomic mass is 10.2. The number of hydrogen-bond acceptors (Lipinski definition) is 5. The van der Waals surface area contributed by atoms with Gasteiger partial charge in [0.15, 0.2) is 5.82 Å². The molecule has 0 radical (unpaired) electrons. The maximum absolute atomic E-state index is 13.5. The average Bonchev–Trinajstić information content (AvgIpc) is 3.08. The second-order valence-corrected chi connectivity index (χ2v) is 7.38. The van der Waals surface area contributed by atoms with E-state index >= 15 is 0 Å². The van der Waals surface area contributed by atoms with Crippen LogP contribution in [0.2, 0.25) is 0 Å². The van der Waals surface area contributed by atoms with Crippen LogP contribution in [0.1, 0.15) is 17.0 Å². The van der Waals surface area contributed by atoms with Gasteiger partial charge in [-0.05, 0) is 26.0 Å². The zero-order valence-corrected chi connectivity index (χ0v) is 18.3. The molecule has 2 aromatic heterocycles. The van der Waals surface area contributed by atoms with Gasteiger partial charge in [-0.2, -0.15) is 5.10 Å². The molecule has 31 heavy (non-hydrogen) atoms. The molecule has 0 aliphatic carbocycles. The molecule has 0 unspecified atom stereocenters. The summed E-state index contributed by atoms with van der Waals surface area (Å²) in [6, 6.07) is 3.68. The molecule has 0 spiro atoms. The molecule has 0 amide bonds. The predicted octanol–water partition coefficient (Wildman–Crippen LogP) is 3.81. The van der Waals surface area contributed by atoms with Crippen LogP contribution in [0.4, 0.5) is 14.5 Å². The number of rotatable bonds is 5. The van der Waals surface area contributed by atoms with Crippen molar-refractivity contribution in [2.45, 2.75) is 13.8 Å². The molecule has 4 rings (SSSR count). The fourth-order valence-corrected chi connectivity index (χ4v) is 3.65. The second-order valence-electron chi connectivity index (χ2n) is 7.38. The average molecular weight is 447 g/mol. The second kappa shape index (κ2) is 9.98. The Morgan fingerprint density at radius 2 is 1.65 bits per heavy atom. The number of halogens is 3. The molecule has 9 heteroatoms. The molecule has 1 saturated heterocycles. The van der Waals surface area contributed by atoms with E-state index in [-0.39, 0.29) is 12.4 Å². The van der Waals surface area contributed by atoms with E-state index in [2.05, 4.69) is 32.1 Å². The molecule has 0 bridgehead atoms. The van der Waals surface area contributed by atoms with Crippen LogP contribution in [0, 0.1) is 25.5 Å². The molecular weight excluding hydrogens is 422 g/mol. The highest BCUT2D eigenvalue weighted by Crippen LogP contribution is 2.20. The van der Waals surface area contributed by atoms with Crippen LogP contribution in [-0.2, 0) is 0 Å². The first-order chi connectivity index (χ1) is 14.5. The highest BCUT2D eigenvalue weighted by Gasteiger charge is 2.17. The Balaban J connectivity index is 0.00000272. The summed E-state index contributed by atoms with van der Waals surface area (Å²) < 4.78 is 28.7. The third kappa shape index (κ3) is 5.26. The Labute approximate surface area is 186 Å². The van der Waals surface area contributed by atoms with E-state index in [0.29, 0.717) is 5.69 Å². The van der Waals surface area contributed by atoms with Crippen LogP contribution in [0.25, 0.3) is 11.9 Å². The van der Waals surface area contributed by atoms with Crippen molar-refractivity contribution in [3.63, 3.8) is 0 Å². The zero-order chi connectivity index (χ0) is 21.1. The molecule has 0 saturated carbocycles. The van der Waals surface area contributed by atoms with Gasteiger partial charge in [-0.3, -0.25) is 9.88 Å². The number of anilines is 1. The van der Waals surface area contributed by atoms with E-state index in [1.165, 1.54) is 12.1 Å². The van der Waals surface area contributed by atoms with E-state index < -0.39 is 11.6 Å².